The van der Waals surface area contributed by atoms with E-state index in [1.54, 1.807) is 29.2 Å². The standard InChI is InChI=1S/C13H16FNO2/c1-17-9-13(16)15(12-6-7-12)11-4-2-10(8-14)3-5-11/h2-5,12H,6-9H2,1H3. The second kappa shape index (κ2) is 5.27. The molecule has 0 saturated heterocycles. The number of alkyl halides is 1. The minimum Gasteiger partial charge on any atom is -0.375 e. The quantitative estimate of drug-likeness (QED) is 0.786. The number of carbonyl (C=O) groups excluding carboxylic acids is 1. The first-order chi connectivity index (χ1) is 8.26. The molecule has 1 aromatic carbocycles. The van der Waals surface area contributed by atoms with E-state index >= 15 is 0 Å². The van der Waals surface area contributed by atoms with Crippen LogP contribution >= 0.6 is 0 Å². The molecule has 2 rings (SSSR count). The summed E-state index contributed by atoms with van der Waals surface area (Å²) in [5.41, 5.74) is 1.45. The zero-order valence-corrected chi connectivity index (χ0v) is 9.86. The van der Waals surface area contributed by atoms with Crippen LogP contribution in [0.25, 0.3) is 0 Å². The van der Waals surface area contributed by atoms with Crippen LogP contribution in [-0.2, 0) is 16.2 Å². The number of nitrogens with zero attached hydrogens (tertiary/aromatic N) is 1. The minimum absolute atomic E-state index is 0.0389. The largest absolute Gasteiger partial charge is 0.375 e. The number of rotatable bonds is 5. The molecule has 0 aromatic heterocycles. The van der Waals surface area contributed by atoms with Crippen LogP contribution < -0.4 is 4.90 Å². The third kappa shape index (κ3) is 2.82. The summed E-state index contributed by atoms with van der Waals surface area (Å²) in [6.45, 7) is -0.392. The van der Waals surface area contributed by atoms with Gasteiger partial charge < -0.3 is 9.64 Å². The van der Waals surface area contributed by atoms with E-state index in [1.165, 1.54) is 7.11 Å². The zero-order chi connectivity index (χ0) is 12.3. The van der Waals surface area contributed by atoms with Crippen LogP contribution in [0, 0.1) is 0 Å². The number of benzene rings is 1. The van der Waals surface area contributed by atoms with Gasteiger partial charge in [0, 0.05) is 18.8 Å². The Labute approximate surface area is 100 Å². The Morgan fingerprint density at radius 1 is 1.41 bits per heavy atom. The molecule has 1 amide bonds. The van der Waals surface area contributed by atoms with Crippen molar-refractivity contribution in [1.82, 2.24) is 0 Å². The summed E-state index contributed by atoms with van der Waals surface area (Å²) in [5, 5.41) is 0. The van der Waals surface area contributed by atoms with Gasteiger partial charge in [-0.25, -0.2) is 4.39 Å². The number of carbonyl (C=O) groups is 1. The maximum atomic E-state index is 12.4. The van der Waals surface area contributed by atoms with E-state index < -0.39 is 6.67 Å². The number of anilines is 1. The van der Waals surface area contributed by atoms with Crippen LogP contribution in [0.5, 0.6) is 0 Å². The van der Waals surface area contributed by atoms with Gasteiger partial charge in [-0.15, -0.1) is 0 Å². The molecule has 0 spiro atoms. The first-order valence-corrected chi connectivity index (χ1v) is 5.72. The van der Waals surface area contributed by atoms with Gasteiger partial charge in [-0.1, -0.05) is 12.1 Å². The highest BCUT2D eigenvalue weighted by molar-refractivity contribution is 5.95. The molecule has 1 fully saturated rings. The third-order valence-electron chi connectivity index (χ3n) is 2.82. The van der Waals surface area contributed by atoms with E-state index in [9.17, 15) is 9.18 Å². The molecule has 0 aliphatic heterocycles. The van der Waals surface area contributed by atoms with Crippen molar-refractivity contribution in [3.05, 3.63) is 29.8 Å². The average molecular weight is 237 g/mol. The van der Waals surface area contributed by atoms with Crippen LogP contribution in [-0.4, -0.2) is 25.7 Å². The van der Waals surface area contributed by atoms with Crippen molar-refractivity contribution >= 4 is 11.6 Å². The fourth-order valence-electron chi connectivity index (χ4n) is 1.83. The van der Waals surface area contributed by atoms with Crippen molar-refractivity contribution in [3.63, 3.8) is 0 Å². The van der Waals surface area contributed by atoms with E-state index in [1.807, 2.05) is 0 Å². The lowest BCUT2D eigenvalue weighted by Gasteiger charge is -2.22. The fraction of sp³-hybridized carbons (Fsp3) is 0.462. The molecule has 0 bridgehead atoms. The molecule has 1 aliphatic carbocycles. The molecule has 1 aliphatic rings. The molecule has 3 nitrogen and oxygen atoms in total. The second-order valence-corrected chi connectivity index (χ2v) is 4.23. The van der Waals surface area contributed by atoms with Crippen LogP contribution in [0.1, 0.15) is 18.4 Å². The van der Waals surface area contributed by atoms with Gasteiger partial charge in [0.05, 0.1) is 0 Å². The highest BCUT2D eigenvalue weighted by Gasteiger charge is 2.33. The Morgan fingerprint density at radius 3 is 2.53 bits per heavy atom. The van der Waals surface area contributed by atoms with Crippen molar-refractivity contribution in [2.24, 2.45) is 0 Å². The normalized spacial score (nSPS) is 14.7. The Morgan fingerprint density at radius 2 is 2.06 bits per heavy atom. The number of methoxy groups -OCH3 is 1. The van der Waals surface area contributed by atoms with E-state index in [4.69, 9.17) is 4.74 Å². The van der Waals surface area contributed by atoms with Gasteiger partial charge in [0.1, 0.15) is 13.3 Å². The van der Waals surface area contributed by atoms with Crippen LogP contribution in [0.4, 0.5) is 10.1 Å². The molecule has 4 heteroatoms. The molecule has 1 saturated carbocycles. The monoisotopic (exact) mass is 237 g/mol. The van der Waals surface area contributed by atoms with Crippen molar-refractivity contribution in [1.29, 1.82) is 0 Å². The SMILES string of the molecule is COCC(=O)N(c1ccc(CF)cc1)C1CC1. The van der Waals surface area contributed by atoms with Gasteiger partial charge in [-0.05, 0) is 30.5 Å². The Bertz CT molecular complexity index is 387. The van der Waals surface area contributed by atoms with Crippen molar-refractivity contribution in [2.75, 3.05) is 18.6 Å². The maximum Gasteiger partial charge on any atom is 0.253 e. The molecule has 92 valence electrons. The molecule has 0 atom stereocenters. The van der Waals surface area contributed by atoms with Gasteiger partial charge in [-0.2, -0.15) is 0 Å². The van der Waals surface area contributed by atoms with Crippen LogP contribution in [0.3, 0.4) is 0 Å². The number of hydrogen-bond donors (Lipinski definition) is 0. The van der Waals surface area contributed by atoms with Gasteiger partial charge in [-0.3, -0.25) is 4.79 Å². The van der Waals surface area contributed by atoms with E-state index in [2.05, 4.69) is 0 Å². The lowest BCUT2D eigenvalue weighted by atomic mass is 10.2. The summed E-state index contributed by atoms with van der Waals surface area (Å²) >= 11 is 0. The maximum absolute atomic E-state index is 12.4. The first-order valence-electron chi connectivity index (χ1n) is 5.72. The van der Waals surface area contributed by atoms with Crippen LogP contribution in [0.15, 0.2) is 24.3 Å². The number of hydrogen-bond acceptors (Lipinski definition) is 2. The summed E-state index contributed by atoms with van der Waals surface area (Å²) in [7, 11) is 1.51. The van der Waals surface area contributed by atoms with E-state index in [0.717, 1.165) is 18.5 Å². The van der Waals surface area contributed by atoms with Gasteiger partial charge >= 0.3 is 0 Å². The van der Waals surface area contributed by atoms with Gasteiger partial charge in [0.15, 0.2) is 0 Å². The molecular weight excluding hydrogens is 221 g/mol. The highest BCUT2D eigenvalue weighted by atomic mass is 19.1. The lowest BCUT2D eigenvalue weighted by molar-refractivity contribution is -0.122. The molecule has 0 heterocycles. The predicted octanol–water partition coefficient (Wildman–Crippen LogP) is 2.30. The lowest BCUT2D eigenvalue weighted by Crippen LogP contribution is -2.35. The molecule has 0 N–H and O–H groups in total. The first kappa shape index (κ1) is 12.0. The third-order valence-corrected chi connectivity index (χ3v) is 2.82. The average Bonchev–Trinajstić information content (AvgIpc) is 3.15. The summed E-state index contributed by atoms with van der Waals surface area (Å²) < 4.78 is 17.3. The smallest absolute Gasteiger partial charge is 0.253 e. The van der Waals surface area contributed by atoms with Crippen LogP contribution in [0.2, 0.25) is 0 Å². The van der Waals surface area contributed by atoms with E-state index in [-0.39, 0.29) is 18.6 Å². The fourth-order valence-corrected chi connectivity index (χ4v) is 1.83. The number of ether oxygens (including phenoxy) is 1. The summed E-state index contributed by atoms with van der Waals surface area (Å²) in [6.07, 6.45) is 2.06. The van der Waals surface area contributed by atoms with Crippen molar-refractivity contribution < 1.29 is 13.9 Å². The van der Waals surface area contributed by atoms with Gasteiger partial charge in [0.25, 0.3) is 5.91 Å². The minimum atomic E-state index is -0.476. The topological polar surface area (TPSA) is 29.5 Å². The zero-order valence-electron chi connectivity index (χ0n) is 9.86. The summed E-state index contributed by atoms with van der Waals surface area (Å²) in [4.78, 5) is 13.7. The van der Waals surface area contributed by atoms with Gasteiger partial charge in [0.2, 0.25) is 0 Å². The molecule has 1 aromatic rings. The molecular formula is C13H16FNO2. The van der Waals surface area contributed by atoms with E-state index in [0.29, 0.717) is 5.56 Å². The molecule has 17 heavy (non-hydrogen) atoms. The van der Waals surface area contributed by atoms with Crippen molar-refractivity contribution in [3.8, 4) is 0 Å². The molecule has 0 radical (unpaired) electrons. The summed E-state index contributed by atoms with van der Waals surface area (Å²) in [5.74, 6) is -0.0389. The molecule has 0 unspecified atom stereocenters. The highest BCUT2D eigenvalue weighted by Crippen LogP contribution is 2.32. The second-order valence-electron chi connectivity index (χ2n) is 4.23. The number of halogens is 1. The predicted molar refractivity (Wildman–Crippen MR) is 63.6 cm³/mol. The Balaban J connectivity index is 2.16. The number of amides is 1. The Hall–Kier alpha value is -1.42. The summed E-state index contributed by atoms with van der Waals surface area (Å²) in [6, 6.07) is 7.30. The van der Waals surface area contributed by atoms with Crippen molar-refractivity contribution in [2.45, 2.75) is 25.6 Å². The Kier molecular flexibility index (Phi) is 3.74.